The molecule has 5 nitrogen and oxygen atoms in total. The number of nitrogens with one attached hydrogen (secondary N) is 1. The van der Waals surface area contributed by atoms with Crippen LogP contribution in [0.5, 0.6) is 0 Å². The fraction of sp³-hybridized carbons (Fsp3) is 0.455. The number of nitrogens with two attached hydrogens (primary N) is 1. The van der Waals surface area contributed by atoms with Crippen LogP contribution in [0, 0.1) is 5.92 Å². The van der Waals surface area contributed by atoms with Gasteiger partial charge in [-0.25, -0.2) is 9.78 Å². The number of pyridine rings is 1. The molecule has 0 radical (unpaired) electrons. The molecule has 1 aromatic rings. The summed E-state index contributed by atoms with van der Waals surface area (Å²) in [4.78, 5) is 15.5. The van der Waals surface area contributed by atoms with Gasteiger partial charge in [-0.3, -0.25) is 0 Å². The second kappa shape index (κ2) is 4.00. The van der Waals surface area contributed by atoms with Gasteiger partial charge in [0.25, 0.3) is 0 Å². The molecule has 1 aliphatic rings. The molecule has 16 heavy (non-hydrogen) atoms. The number of hydrogen-bond acceptors (Lipinski definition) is 5. The van der Waals surface area contributed by atoms with Crippen molar-refractivity contribution in [2.75, 3.05) is 18.2 Å². The predicted octanol–water partition coefficient (Wildman–Crippen LogP) is 1.27. The highest BCUT2D eigenvalue weighted by Crippen LogP contribution is 2.34. The van der Waals surface area contributed by atoms with Gasteiger partial charge < -0.3 is 15.8 Å². The van der Waals surface area contributed by atoms with Crippen molar-refractivity contribution in [2.45, 2.75) is 19.4 Å². The van der Waals surface area contributed by atoms with Gasteiger partial charge in [0.2, 0.25) is 0 Å². The van der Waals surface area contributed by atoms with Crippen LogP contribution in [0.25, 0.3) is 0 Å². The Labute approximate surface area is 94.0 Å². The summed E-state index contributed by atoms with van der Waals surface area (Å²) < 4.78 is 4.64. The number of rotatable bonds is 3. The van der Waals surface area contributed by atoms with E-state index in [1.165, 1.54) is 7.11 Å². The number of nitrogen functional groups attached to an aromatic ring is 1. The van der Waals surface area contributed by atoms with Crippen molar-refractivity contribution in [3.8, 4) is 0 Å². The molecule has 1 fully saturated rings. The maximum absolute atomic E-state index is 11.4. The molecule has 3 N–H and O–H groups in total. The van der Waals surface area contributed by atoms with E-state index in [-0.39, 0.29) is 0 Å². The lowest BCUT2D eigenvalue weighted by Gasteiger charge is -2.10. The Morgan fingerprint density at radius 3 is 2.94 bits per heavy atom. The molecular formula is C11H15N3O2. The zero-order valence-corrected chi connectivity index (χ0v) is 9.36. The van der Waals surface area contributed by atoms with Crippen LogP contribution in [0.2, 0.25) is 0 Å². The molecule has 1 aliphatic carbocycles. The maximum Gasteiger partial charge on any atom is 0.340 e. The molecule has 2 unspecified atom stereocenters. The smallest absolute Gasteiger partial charge is 0.340 e. The van der Waals surface area contributed by atoms with Crippen molar-refractivity contribution in [3.63, 3.8) is 0 Å². The lowest BCUT2D eigenvalue weighted by molar-refractivity contribution is 0.0602. The van der Waals surface area contributed by atoms with E-state index in [0.29, 0.717) is 29.0 Å². The van der Waals surface area contributed by atoms with E-state index in [0.717, 1.165) is 6.42 Å². The van der Waals surface area contributed by atoms with E-state index in [1.807, 2.05) is 0 Å². The SMILES string of the molecule is COC(=O)c1ccnc(NC2CC2C)c1N. The minimum Gasteiger partial charge on any atom is -0.465 e. The fourth-order valence-corrected chi connectivity index (χ4v) is 1.57. The minimum absolute atomic E-state index is 0.355. The van der Waals surface area contributed by atoms with Crippen molar-refractivity contribution in [3.05, 3.63) is 17.8 Å². The third-order valence-electron chi connectivity index (χ3n) is 2.83. The molecule has 0 amide bonds. The number of methoxy groups -OCH3 is 1. The first-order chi connectivity index (χ1) is 7.63. The number of ether oxygens (including phenoxy) is 1. The number of esters is 1. The molecule has 0 aromatic carbocycles. The maximum atomic E-state index is 11.4. The summed E-state index contributed by atoms with van der Waals surface area (Å²) in [6.07, 6.45) is 2.67. The van der Waals surface area contributed by atoms with Gasteiger partial charge in [-0.1, -0.05) is 6.92 Å². The lowest BCUT2D eigenvalue weighted by Crippen LogP contribution is -2.12. The first-order valence-corrected chi connectivity index (χ1v) is 5.22. The third-order valence-corrected chi connectivity index (χ3v) is 2.83. The van der Waals surface area contributed by atoms with Crippen molar-refractivity contribution in [1.82, 2.24) is 4.98 Å². The van der Waals surface area contributed by atoms with Crippen LogP contribution in [0.1, 0.15) is 23.7 Å². The molecule has 1 saturated carbocycles. The summed E-state index contributed by atoms with van der Waals surface area (Å²) in [5.74, 6) is 0.770. The Kier molecular flexibility index (Phi) is 2.68. The topological polar surface area (TPSA) is 77.2 Å². The van der Waals surface area contributed by atoms with Crippen LogP contribution in [-0.4, -0.2) is 24.1 Å². The Morgan fingerprint density at radius 1 is 1.69 bits per heavy atom. The molecular weight excluding hydrogens is 206 g/mol. The van der Waals surface area contributed by atoms with Gasteiger partial charge in [0.15, 0.2) is 0 Å². The number of nitrogens with zero attached hydrogens (tertiary/aromatic N) is 1. The van der Waals surface area contributed by atoms with Gasteiger partial charge in [-0.15, -0.1) is 0 Å². The number of aromatic nitrogens is 1. The van der Waals surface area contributed by atoms with Crippen molar-refractivity contribution in [2.24, 2.45) is 5.92 Å². The monoisotopic (exact) mass is 221 g/mol. The molecule has 5 heteroatoms. The van der Waals surface area contributed by atoms with Crippen molar-refractivity contribution in [1.29, 1.82) is 0 Å². The highest BCUT2D eigenvalue weighted by molar-refractivity contribution is 5.97. The van der Waals surface area contributed by atoms with Gasteiger partial charge in [-0.2, -0.15) is 0 Å². The summed E-state index contributed by atoms with van der Waals surface area (Å²) in [5.41, 5.74) is 6.57. The summed E-state index contributed by atoms with van der Waals surface area (Å²) >= 11 is 0. The van der Waals surface area contributed by atoms with E-state index in [4.69, 9.17) is 5.73 Å². The predicted molar refractivity (Wildman–Crippen MR) is 61.2 cm³/mol. The molecule has 1 aromatic heterocycles. The summed E-state index contributed by atoms with van der Waals surface area (Å²) in [6.45, 7) is 2.15. The molecule has 2 rings (SSSR count). The summed E-state index contributed by atoms with van der Waals surface area (Å²) in [6, 6.07) is 1.98. The molecule has 0 aliphatic heterocycles. The van der Waals surface area contributed by atoms with E-state index in [2.05, 4.69) is 22.0 Å². The first-order valence-electron chi connectivity index (χ1n) is 5.22. The Morgan fingerprint density at radius 2 is 2.38 bits per heavy atom. The van der Waals surface area contributed by atoms with Crippen LogP contribution < -0.4 is 11.1 Å². The second-order valence-electron chi connectivity index (χ2n) is 4.08. The molecule has 0 saturated heterocycles. The molecule has 1 heterocycles. The van der Waals surface area contributed by atoms with E-state index in [1.54, 1.807) is 12.3 Å². The lowest BCUT2D eigenvalue weighted by atomic mass is 10.2. The molecule has 0 spiro atoms. The summed E-state index contributed by atoms with van der Waals surface area (Å²) in [7, 11) is 1.33. The summed E-state index contributed by atoms with van der Waals surface area (Å²) in [5, 5.41) is 3.21. The Balaban J connectivity index is 2.22. The highest BCUT2D eigenvalue weighted by atomic mass is 16.5. The van der Waals surface area contributed by atoms with Crippen LogP contribution in [-0.2, 0) is 4.74 Å². The quantitative estimate of drug-likeness (QED) is 0.751. The van der Waals surface area contributed by atoms with Gasteiger partial charge >= 0.3 is 5.97 Å². The van der Waals surface area contributed by atoms with Crippen LogP contribution in [0.4, 0.5) is 11.5 Å². The third kappa shape index (κ3) is 1.93. The Hall–Kier alpha value is -1.78. The van der Waals surface area contributed by atoms with Crippen LogP contribution in [0.15, 0.2) is 12.3 Å². The normalized spacial score (nSPS) is 22.6. The van der Waals surface area contributed by atoms with E-state index < -0.39 is 5.97 Å². The zero-order chi connectivity index (χ0) is 11.7. The van der Waals surface area contributed by atoms with Gasteiger partial charge in [0, 0.05) is 12.2 Å². The van der Waals surface area contributed by atoms with Gasteiger partial charge in [0.05, 0.1) is 18.4 Å². The van der Waals surface area contributed by atoms with Crippen molar-refractivity contribution >= 4 is 17.5 Å². The van der Waals surface area contributed by atoms with Crippen LogP contribution >= 0.6 is 0 Å². The van der Waals surface area contributed by atoms with Crippen LogP contribution in [0.3, 0.4) is 0 Å². The highest BCUT2D eigenvalue weighted by Gasteiger charge is 2.33. The second-order valence-corrected chi connectivity index (χ2v) is 4.08. The number of carbonyl (C=O) groups excluding carboxylic acids is 1. The minimum atomic E-state index is -0.438. The number of hydrogen-bond donors (Lipinski definition) is 2. The average molecular weight is 221 g/mol. The Bertz CT molecular complexity index is 420. The number of carbonyl (C=O) groups is 1. The van der Waals surface area contributed by atoms with E-state index >= 15 is 0 Å². The number of anilines is 2. The van der Waals surface area contributed by atoms with Crippen molar-refractivity contribution < 1.29 is 9.53 Å². The fourth-order valence-electron chi connectivity index (χ4n) is 1.57. The first kappa shape index (κ1) is 10.7. The van der Waals surface area contributed by atoms with Gasteiger partial charge in [0.1, 0.15) is 5.82 Å². The van der Waals surface area contributed by atoms with E-state index in [9.17, 15) is 4.79 Å². The molecule has 86 valence electrons. The standard InChI is InChI=1S/C11H15N3O2/c1-6-5-8(6)14-10-9(12)7(3-4-13-10)11(15)16-2/h3-4,6,8H,5,12H2,1-2H3,(H,13,14). The molecule has 2 atom stereocenters. The zero-order valence-electron chi connectivity index (χ0n) is 9.36. The largest absolute Gasteiger partial charge is 0.465 e. The van der Waals surface area contributed by atoms with Gasteiger partial charge in [-0.05, 0) is 18.4 Å². The molecule has 0 bridgehead atoms. The average Bonchev–Trinajstić information content (AvgIpc) is 2.96.